The Labute approximate surface area is 122 Å². The van der Waals surface area contributed by atoms with Crippen LogP contribution < -0.4 is 5.32 Å². The van der Waals surface area contributed by atoms with E-state index in [2.05, 4.69) is 15.3 Å². The number of aromatic nitrogens is 2. The third-order valence-electron chi connectivity index (χ3n) is 2.30. The lowest BCUT2D eigenvalue weighted by atomic mass is 10.2. The highest BCUT2D eigenvalue weighted by molar-refractivity contribution is 6.31. The summed E-state index contributed by atoms with van der Waals surface area (Å²) in [6, 6.07) is 4.56. The molecular formula is C12H8Cl2F3N3. The lowest BCUT2D eigenvalue weighted by Gasteiger charge is -2.11. The Hall–Kier alpha value is -1.53. The molecule has 0 saturated carbocycles. The van der Waals surface area contributed by atoms with E-state index in [9.17, 15) is 13.2 Å². The van der Waals surface area contributed by atoms with Crippen molar-refractivity contribution in [3.63, 3.8) is 0 Å². The number of aryl methyl sites for hydroxylation is 1. The Bertz CT molecular complexity index is 624. The lowest BCUT2D eigenvalue weighted by Crippen LogP contribution is -2.06. The molecule has 8 heteroatoms. The van der Waals surface area contributed by atoms with Crippen LogP contribution in [0.3, 0.4) is 0 Å². The second-order valence-electron chi connectivity index (χ2n) is 3.97. The Morgan fingerprint density at radius 3 is 2.35 bits per heavy atom. The molecule has 0 radical (unpaired) electrons. The van der Waals surface area contributed by atoms with Crippen molar-refractivity contribution in [2.45, 2.75) is 13.1 Å². The molecule has 2 aromatic rings. The summed E-state index contributed by atoms with van der Waals surface area (Å²) in [5.41, 5.74) is -0.677. The van der Waals surface area contributed by atoms with Crippen molar-refractivity contribution in [1.82, 2.24) is 9.97 Å². The molecule has 0 spiro atoms. The van der Waals surface area contributed by atoms with Gasteiger partial charge in [-0.15, -0.1) is 0 Å². The summed E-state index contributed by atoms with van der Waals surface area (Å²) in [4.78, 5) is 7.88. The van der Waals surface area contributed by atoms with Crippen molar-refractivity contribution in [3.05, 3.63) is 45.8 Å². The maximum Gasteiger partial charge on any atom is 0.416 e. The number of anilines is 2. The Balaban J connectivity index is 2.36. The molecular weight excluding hydrogens is 314 g/mol. The van der Waals surface area contributed by atoms with Crippen LogP contribution in [0, 0.1) is 6.92 Å². The standard InChI is InChI=1S/C12H8Cl2F3N3/c1-6-18-10(14)5-11(19-6)20-9-3-7(12(15,16)17)2-8(13)4-9/h2-5H,1H3,(H,18,19,20). The van der Waals surface area contributed by atoms with E-state index in [0.29, 0.717) is 5.82 Å². The first-order valence-corrected chi connectivity index (χ1v) is 6.15. The molecule has 106 valence electrons. The van der Waals surface area contributed by atoms with Crippen molar-refractivity contribution in [1.29, 1.82) is 0 Å². The van der Waals surface area contributed by atoms with Crippen LogP contribution in [0.15, 0.2) is 24.3 Å². The van der Waals surface area contributed by atoms with E-state index in [1.165, 1.54) is 12.1 Å². The van der Waals surface area contributed by atoms with Crippen molar-refractivity contribution in [2.24, 2.45) is 0 Å². The number of nitrogens with zero attached hydrogens (tertiary/aromatic N) is 2. The highest BCUT2D eigenvalue weighted by atomic mass is 35.5. The number of halogens is 5. The van der Waals surface area contributed by atoms with Crippen LogP contribution in [0.25, 0.3) is 0 Å². The Kier molecular flexibility index (Phi) is 4.06. The van der Waals surface area contributed by atoms with Crippen LogP contribution in [0.1, 0.15) is 11.4 Å². The van der Waals surface area contributed by atoms with E-state index < -0.39 is 11.7 Å². The third kappa shape index (κ3) is 3.74. The van der Waals surface area contributed by atoms with Crippen molar-refractivity contribution in [3.8, 4) is 0 Å². The molecule has 20 heavy (non-hydrogen) atoms. The molecule has 3 nitrogen and oxygen atoms in total. The van der Waals surface area contributed by atoms with Gasteiger partial charge in [0, 0.05) is 16.8 Å². The number of benzene rings is 1. The van der Waals surface area contributed by atoms with Gasteiger partial charge in [-0.25, -0.2) is 9.97 Å². The molecule has 0 atom stereocenters. The zero-order valence-electron chi connectivity index (χ0n) is 10.1. The van der Waals surface area contributed by atoms with Crippen molar-refractivity contribution in [2.75, 3.05) is 5.32 Å². The fourth-order valence-electron chi connectivity index (χ4n) is 1.57. The van der Waals surface area contributed by atoms with Gasteiger partial charge in [0.15, 0.2) is 0 Å². The van der Waals surface area contributed by atoms with E-state index in [0.717, 1.165) is 12.1 Å². The topological polar surface area (TPSA) is 37.8 Å². The zero-order valence-corrected chi connectivity index (χ0v) is 11.6. The van der Waals surface area contributed by atoms with Crippen LogP contribution in [-0.4, -0.2) is 9.97 Å². The highest BCUT2D eigenvalue weighted by Gasteiger charge is 2.31. The minimum Gasteiger partial charge on any atom is -0.340 e. The maximum absolute atomic E-state index is 12.7. The SMILES string of the molecule is Cc1nc(Cl)cc(Nc2cc(Cl)cc(C(F)(F)F)c2)n1. The summed E-state index contributed by atoms with van der Waals surface area (Å²) < 4.78 is 38.0. The van der Waals surface area contributed by atoms with E-state index in [4.69, 9.17) is 23.2 Å². The van der Waals surface area contributed by atoms with Crippen LogP contribution in [0.4, 0.5) is 24.7 Å². The summed E-state index contributed by atoms with van der Waals surface area (Å²) in [6.07, 6.45) is -4.47. The molecule has 0 aliphatic carbocycles. The van der Waals surface area contributed by atoms with E-state index in [1.54, 1.807) is 6.92 Å². The van der Waals surface area contributed by atoms with Gasteiger partial charge >= 0.3 is 6.18 Å². The van der Waals surface area contributed by atoms with Crippen LogP contribution in [0.5, 0.6) is 0 Å². The fraction of sp³-hybridized carbons (Fsp3) is 0.167. The van der Waals surface area contributed by atoms with Gasteiger partial charge in [0.2, 0.25) is 0 Å². The van der Waals surface area contributed by atoms with E-state index >= 15 is 0 Å². The molecule has 0 saturated heterocycles. The molecule has 0 amide bonds. The van der Waals surface area contributed by atoms with Crippen LogP contribution in [-0.2, 0) is 6.18 Å². The van der Waals surface area contributed by atoms with Gasteiger partial charge in [-0.2, -0.15) is 13.2 Å². The van der Waals surface area contributed by atoms with Gasteiger partial charge in [-0.05, 0) is 25.1 Å². The average molecular weight is 322 g/mol. The molecule has 0 aliphatic heterocycles. The molecule has 0 fully saturated rings. The number of hydrogen-bond donors (Lipinski definition) is 1. The number of nitrogens with one attached hydrogen (secondary N) is 1. The molecule has 1 N–H and O–H groups in total. The monoisotopic (exact) mass is 321 g/mol. The smallest absolute Gasteiger partial charge is 0.340 e. The van der Waals surface area contributed by atoms with Gasteiger partial charge in [-0.3, -0.25) is 0 Å². The van der Waals surface area contributed by atoms with Gasteiger partial charge in [0.25, 0.3) is 0 Å². The molecule has 1 aromatic carbocycles. The van der Waals surface area contributed by atoms with Crippen LogP contribution >= 0.6 is 23.2 Å². The van der Waals surface area contributed by atoms with Gasteiger partial charge < -0.3 is 5.32 Å². The third-order valence-corrected chi connectivity index (χ3v) is 2.72. The van der Waals surface area contributed by atoms with Crippen LogP contribution in [0.2, 0.25) is 10.2 Å². The summed E-state index contributed by atoms with van der Waals surface area (Å²) in [5, 5.41) is 2.88. The molecule has 0 aliphatic rings. The largest absolute Gasteiger partial charge is 0.416 e. The first-order valence-electron chi connectivity index (χ1n) is 5.40. The highest BCUT2D eigenvalue weighted by Crippen LogP contribution is 2.34. The van der Waals surface area contributed by atoms with E-state index in [-0.39, 0.29) is 21.7 Å². The number of rotatable bonds is 2. The molecule has 2 rings (SSSR count). The van der Waals surface area contributed by atoms with Gasteiger partial charge in [0.1, 0.15) is 16.8 Å². The summed E-state index contributed by atoms with van der Waals surface area (Å²) >= 11 is 11.4. The van der Waals surface area contributed by atoms with Gasteiger partial charge in [-0.1, -0.05) is 23.2 Å². The minimum absolute atomic E-state index is 0.0285. The number of hydrogen-bond acceptors (Lipinski definition) is 3. The lowest BCUT2D eigenvalue weighted by molar-refractivity contribution is -0.137. The molecule has 0 unspecified atom stereocenters. The first-order chi connectivity index (χ1) is 9.24. The second kappa shape index (κ2) is 5.46. The summed E-state index contributed by atoms with van der Waals surface area (Å²) in [6.45, 7) is 1.62. The van der Waals surface area contributed by atoms with Crippen molar-refractivity contribution >= 4 is 34.7 Å². The summed E-state index contributed by atoms with van der Waals surface area (Å²) in [7, 11) is 0. The predicted molar refractivity (Wildman–Crippen MR) is 71.5 cm³/mol. The molecule has 1 aromatic heterocycles. The minimum atomic E-state index is -4.47. The zero-order chi connectivity index (χ0) is 14.9. The van der Waals surface area contributed by atoms with Crippen molar-refractivity contribution < 1.29 is 13.2 Å². The normalized spacial score (nSPS) is 11.5. The maximum atomic E-state index is 12.7. The molecule has 0 bridgehead atoms. The first kappa shape index (κ1) is 14.9. The second-order valence-corrected chi connectivity index (χ2v) is 4.80. The quantitative estimate of drug-likeness (QED) is 0.803. The molecule has 1 heterocycles. The average Bonchev–Trinajstić information content (AvgIpc) is 2.25. The van der Waals surface area contributed by atoms with Gasteiger partial charge in [0.05, 0.1) is 5.56 Å². The number of alkyl halides is 3. The Morgan fingerprint density at radius 1 is 1.05 bits per heavy atom. The fourth-order valence-corrected chi connectivity index (χ4v) is 2.03. The van der Waals surface area contributed by atoms with E-state index in [1.807, 2.05) is 0 Å². The summed E-state index contributed by atoms with van der Waals surface area (Å²) in [5.74, 6) is 0.691. The Morgan fingerprint density at radius 2 is 1.75 bits per heavy atom. The predicted octanol–water partition coefficient (Wildman–Crippen LogP) is 4.85.